The molecule has 1 aromatic heterocycles. The third-order valence-electron chi connectivity index (χ3n) is 4.86. The van der Waals surface area contributed by atoms with E-state index in [0.717, 1.165) is 31.7 Å². The first kappa shape index (κ1) is 20.2. The van der Waals surface area contributed by atoms with E-state index >= 15 is 0 Å². The third kappa shape index (κ3) is 4.01. The molecule has 2 heterocycles. The van der Waals surface area contributed by atoms with Crippen LogP contribution in [0.2, 0.25) is 4.34 Å². The molecule has 1 atom stereocenters. The Hall–Kier alpha value is -2.50. The van der Waals surface area contributed by atoms with E-state index in [0.29, 0.717) is 13.1 Å². The number of hydrogen-bond acceptors (Lipinski definition) is 4. The molecule has 0 fully saturated rings. The van der Waals surface area contributed by atoms with Crippen LogP contribution in [0, 0.1) is 0 Å². The van der Waals surface area contributed by atoms with Gasteiger partial charge < -0.3 is 4.90 Å². The number of carbonyl (C=O) groups excluding carboxylic acids is 1. The van der Waals surface area contributed by atoms with Crippen LogP contribution in [0.1, 0.15) is 34.4 Å². The lowest BCUT2D eigenvalue weighted by molar-refractivity contribution is -0.127. The number of rotatable bonds is 5. The molecule has 0 spiro atoms. The summed E-state index contributed by atoms with van der Waals surface area (Å²) in [7, 11) is 1.76. The molecule has 0 saturated carbocycles. The van der Waals surface area contributed by atoms with Gasteiger partial charge in [0.05, 0.1) is 16.6 Å². The molecular weight excluding hydrogens is 390 g/mol. The van der Waals surface area contributed by atoms with Gasteiger partial charge in [-0.1, -0.05) is 42.4 Å². The highest BCUT2D eigenvalue weighted by Crippen LogP contribution is 2.41. The number of nitrogens with zero attached hydrogens (tertiary/aromatic N) is 3. The second kappa shape index (κ2) is 8.67. The Morgan fingerprint density at radius 3 is 2.79 bits per heavy atom. The van der Waals surface area contributed by atoms with Crippen molar-refractivity contribution >= 4 is 41.3 Å². The zero-order valence-electron chi connectivity index (χ0n) is 16.0. The predicted octanol–water partition coefficient (Wildman–Crippen LogP) is 5.08. The average Bonchev–Trinajstić information content (AvgIpc) is 3.10. The van der Waals surface area contributed by atoms with Gasteiger partial charge in [0.25, 0.3) is 0 Å². The van der Waals surface area contributed by atoms with Crippen molar-refractivity contribution in [3.63, 3.8) is 0 Å². The number of hydrogen-bond donors (Lipinski definition) is 0. The molecule has 1 amide bonds. The Labute approximate surface area is 174 Å². The Morgan fingerprint density at radius 2 is 2.11 bits per heavy atom. The Kier molecular flexibility index (Phi) is 6.27. The molecule has 2 aromatic rings. The highest BCUT2D eigenvalue weighted by atomic mass is 35.5. The van der Waals surface area contributed by atoms with Gasteiger partial charge in [-0.3, -0.25) is 14.8 Å². The number of allylic oxidation sites excluding steroid dienone is 2. The normalized spacial score (nSPS) is 17.2. The van der Waals surface area contributed by atoms with Crippen LogP contribution in [0.15, 0.2) is 64.7 Å². The number of halogens is 1. The molecule has 0 radical (unpaired) electrons. The van der Waals surface area contributed by atoms with Crippen molar-refractivity contribution in [2.24, 2.45) is 9.98 Å². The minimum Gasteiger partial charge on any atom is -0.333 e. The molecule has 28 heavy (non-hydrogen) atoms. The fourth-order valence-electron chi connectivity index (χ4n) is 3.49. The largest absolute Gasteiger partial charge is 0.333 e. The molecule has 1 aliphatic rings. The number of amides is 1. The first-order valence-corrected chi connectivity index (χ1v) is 10.1. The Bertz CT molecular complexity index is 989. The maximum absolute atomic E-state index is 12.3. The Morgan fingerprint density at radius 1 is 1.36 bits per heavy atom. The highest BCUT2D eigenvalue weighted by molar-refractivity contribution is 7.16. The van der Waals surface area contributed by atoms with Gasteiger partial charge >= 0.3 is 0 Å². The van der Waals surface area contributed by atoms with Crippen LogP contribution in [-0.2, 0) is 11.3 Å². The topological polar surface area (TPSA) is 45.0 Å². The minimum atomic E-state index is -0.0753. The second-order valence-corrected chi connectivity index (χ2v) is 8.31. The summed E-state index contributed by atoms with van der Waals surface area (Å²) < 4.78 is 0.733. The summed E-state index contributed by atoms with van der Waals surface area (Å²) in [5.41, 5.74) is 4.92. The molecular formula is C22H22ClN3OS. The number of benzene rings is 1. The Balaban J connectivity index is 2.14. The monoisotopic (exact) mass is 411 g/mol. The van der Waals surface area contributed by atoms with Crippen molar-refractivity contribution in [2.75, 3.05) is 13.6 Å². The quantitative estimate of drug-likeness (QED) is 0.499. The lowest BCUT2D eigenvalue weighted by Crippen LogP contribution is -2.37. The molecule has 3 rings (SSSR count). The van der Waals surface area contributed by atoms with E-state index in [-0.39, 0.29) is 11.8 Å². The van der Waals surface area contributed by atoms with Crippen molar-refractivity contribution in [3.05, 3.63) is 80.7 Å². The van der Waals surface area contributed by atoms with Crippen LogP contribution in [-0.4, -0.2) is 36.8 Å². The summed E-state index contributed by atoms with van der Waals surface area (Å²) in [4.78, 5) is 23.7. The summed E-state index contributed by atoms with van der Waals surface area (Å²) in [6, 6.07) is 10.2. The first-order valence-electron chi connectivity index (χ1n) is 8.89. The fraction of sp³-hybridized carbons (Fsp3) is 0.227. The SMILES string of the molecule is C=CC(=O)N1Cc2sc(Cl)cc2[C@@H](c2ccccc2C(/C=C(/C)N=C)=N/C)C1. The third-order valence-corrected chi connectivity index (χ3v) is 6.12. The van der Waals surface area contributed by atoms with E-state index in [9.17, 15) is 4.79 Å². The van der Waals surface area contributed by atoms with Gasteiger partial charge in [-0.2, -0.15) is 0 Å². The summed E-state index contributed by atoms with van der Waals surface area (Å²) >= 11 is 7.85. The summed E-state index contributed by atoms with van der Waals surface area (Å²) in [6.07, 6.45) is 3.28. The van der Waals surface area contributed by atoms with Gasteiger partial charge in [-0.15, -0.1) is 11.3 Å². The van der Waals surface area contributed by atoms with Crippen LogP contribution in [0.4, 0.5) is 0 Å². The van der Waals surface area contributed by atoms with Gasteiger partial charge in [-0.05, 0) is 43.0 Å². The molecule has 1 aromatic carbocycles. The molecule has 0 aliphatic carbocycles. The molecule has 0 saturated heterocycles. The standard InChI is InChI=1S/C22H22ClN3OS/c1-5-22(27)26-12-18(17-11-21(23)28-20(17)13-26)15-8-6-7-9-16(15)19(25-4)10-14(2)24-3/h5-11,18H,1,3,12-13H2,2,4H3/b14-10-,25-19+/t18-/m1/s1. The van der Waals surface area contributed by atoms with Crippen LogP contribution in [0.3, 0.4) is 0 Å². The van der Waals surface area contributed by atoms with Crippen LogP contribution in [0.25, 0.3) is 0 Å². The molecule has 0 unspecified atom stereocenters. The van der Waals surface area contributed by atoms with E-state index in [1.54, 1.807) is 7.05 Å². The van der Waals surface area contributed by atoms with Crippen molar-refractivity contribution in [3.8, 4) is 0 Å². The number of fused-ring (bicyclic) bond motifs is 1. The molecule has 0 N–H and O–H groups in total. The predicted molar refractivity (Wildman–Crippen MR) is 119 cm³/mol. The van der Waals surface area contributed by atoms with Gasteiger partial charge in [0, 0.05) is 35.6 Å². The van der Waals surface area contributed by atoms with Crippen LogP contribution >= 0.6 is 22.9 Å². The average molecular weight is 412 g/mol. The highest BCUT2D eigenvalue weighted by Gasteiger charge is 2.31. The summed E-state index contributed by atoms with van der Waals surface area (Å²) in [6.45, 7) is 10.2. The lowest BCUT2D eigenvalue weighted by atomic mass is 9.84. The maximum atomic E-state index is 12.3. The minimum absolute atomic E-state index is 0.00902. The molecule has 4 nitrogen and oxygen atoms in total. The van der Waals surface area contributed by atoms with E-state index in [2.05, 4.69) is 29.3 Å². The number of aliphatic imine (C=N–C) groups is 2. The van der Waals surface area contributed by atoms with E-state index in [1.165, 1.54) is 23.0 Å². The van der Waals surface area contributed by atoms with E-state index < -0.39 is 0 Å². The van der Waals surface area contributed by atoms with Crippen molar-refractivity contribution in [1.82, 2.24) is 4.90 Å². The number of thiophene rings is 1. The van der Waals surface area contributed by atoms with E-state index in [4.69, 9.17) is 11.6 Å². The van der Waals surface area contributed by atoms with Crippen LogP contribution in [0.5, 0.6) is 0 Å². The van der Waals surface area contributed by atoms with Crippen molar-refractivity contribution < 1.29 is 4.79 Å². The molecule has 1 aliphatic heterocycles. The zero-order valence-corrected chi connectivity index (χ0v) is 17.6. The second-order valence-electron chi connectivity index (χ2n) is 6.54. The van der Waals surface area contributed by atoms with Crippen molar-refractivity contribution in [1.29, 1.82) is 0 Å². The molecule has 144 valence electrons. The van der Waals surface area contributed by atoms with Gasteiger partial charge in [0.15, 0.2) is 0 Å². The van der Waals surface area contributed by atoms with E-state index in [1.807, 2.05) is 42.2 Å². The van der Waals surface area contributed by atoms with Crippen molar-refractivity contribution in [2.45, 2.75) is 19.4 Å². The smallest absolute Gasteiger partial charge is 0.246 e. The fourth-order valence-corrected chi connectivity index (χ4v) is 4.84. The summed E-state index contributed by atoms with van der Waals surface area (Å²) in [5, 5.41) is 0. The first-order chi connectivity index (χ1) is 13.5. The molecule has 0 bridgehead atoms. The lowest BCUT2D eigenvalue weighted by Gasteiger charge is -2.33. The van der Waals surface area contributed by atoms with Gasteiger partial charge in [0.2, 0.25) is 5.91 Å². The summed E-state index contributed by atoms with van der Waals surface area (Å²) in [5.74, 6) is -0.0663. The zero-order chi connectivity index (χ0) is 20.3. The molecule has 6 heteroatoms. The van der Waals surface area contributed by atoms with Gasteiger partial charge in [-0.25, -0.2) is 0 Å². The number of carbonyl (C=O) groups is 1. The van der Waals surface area contributed by atoms with Gasteiger partial charge in [0.1, 0.15) is 0 Å². The maximum Gasteiger partial charge on any atom is 0.246 e. The van der Waals surface area contributed by atoms with Crippen LogP contribution < -0.4 is 0 Å².